The van der Waals surface area contributed by atoms with Gasteiger partial charge in [0.2, 0.25) is 0 Å². The van der Waals surface area contributed by atoms with Crippen LogP contribution in [0.4, 0.5) is 0 Å². The molecule has 0 aliphatic rings. The third-order valence-electron chi connectivity index (χ3n) is 2.28. The Kier molecular flexibility index (Phi) is 4.29. The van der Waals surface area contributed by atoms with Gasteiger partial charge in [0.1, 0.15) is 0 Å². The summed E-state index contributed by atoms with van der Waals surface area (Å²) in [7, 11) is 3.50. The first kappa shape index (κ1) is 13.7. The summed E-state index contributed by atoms with van der Waals surface area (Å²) < 4.78 is 5.67. The maximum atomic E-state index is 11.7. The van der Waals surface area contributed by atoms with Crippen molar-refractivity contribution in [3.05, 3.63) is 35.4 Å². The van der Waals surface area contributed by atoms with E-state index in [4.69, 9.17) is 4.74 Å². The summed E-state index contributed by atoms with van der Waals surface area (Å²) in [6, 6.07) is 7.54. The van der Waals surface area contributed by atoms with E-state index in [2.05, 4.69) is 0 Å². The van der Waals surface area contributed by atoms with Crippen molar-refractivity contribution in [2.45, 2.75) is 33.0 Å². The van der Waals surface area contributed by atoms with Crippen LogP contribution < -0.4 is 0 Å². The number of hydrogen-bond donors (Lipinski definition) is 0. The number of carbonyl (C=O) groups excluding carboxylic acids is 1. The zero-order valence-corrected chi connectivity index (χ0v) is 11.3. The van der Waals surface area contributed by atoms with Crippen LogP contribution in [0.2, 0.25) is 0 Å². The Balaban J connectivity index is 2.66. The number of rotatable bonds is 3. The van der Waals surface area contributed by atoms with Gasteiger partial charge in [0.05, 0.1) is 12.2 Å². The first-order valence-corrected chi connectivity index (χ1v) is 5.74. The van der Waals surface area contributed by atoms with Gasteiger partial charge in [-0.15, -0.1) is 0 Å². The zero-order valence-electron chi connectivity index (χ0n) is 11.3. The highest BCUT2D eigenvalue weighted by Gasteiger charge is 2.11. The van der Waals surface area contributed by atoms with Crippen molar-refractivity contribution in [1.82, 2.24) is 4.90 Å². The Morgan fingerprint density at radius 1 is 1.18 bits per heavy atom. The van der Waals surface area contributed by atoms with Gasteiger partial charge in [0.15, 0.2) is 0 Å². The predicted molar refractivity (Wildman–Crippen MR) is 69.0 cm³/mol. The maximum Gasteiger partial charge on any atom is 0.253 e. The third kappa shape index (κ3) is 4.57. The van der Waals surface area contributed by atoms with Crippen molar-refractivity contribution in [2.24, 2.45) is 0 Å². The van der Waals surface area contributed by atoms with Gasteiger partial charge in [0.25, 0.3) is 5.91 Å². The number of benzene rings is 1. The van der Waals surface area contributed by atoms with Crippen molar-refractivity contribution in [3.63, 3.8) is 0 Å². The molecule has 0 spiro atoms. The smallest absolute Gasteiger partial charge is 0.253 e. The standard InChI is InChI=1S/C14H21NO2/c1-14(2,3)17-10-11-6-8-12(9-7-11)13(16)15(4)5/h6-9H,10H2,1-5H3. The van der Waals surface area contributed by atoms with E-state index in [1.807, 2.05) is 45.0 Å². The molecule has 0 radical (unpaired) electrons. The van der Waals surface area contributed by atoms with Gasteiger partial charge in [-0.2, -0.15) is 0 Å². The summed E-state index contributed by atoms with van der Waals surface area (Å²) in [6.45, 7) is 6.64. The average molecular weight is 235 g/mol. The minimum Gasteiger partial charge on any atom is -0.371 e. The molecule has 0 aliphatic heterocycles. The minimum atomic E-state index is -0.141. The topological polar surface area (TPSA) is 29.5 Å². The second-order valence-corrected chi connectivity index (χ2v) is 5.30. The molecule has 3 heteroatoms. The van der Waals surface area contributed by atoms with E-state index < -0.39 is 0 Å². The number of amides is 1. The lowest BCUT2D eigenvalue weighted by atomic mass is 10.1. The van der Waals surface area contributed by atoms with Gasteiger partial charge in [-0.25, -0.2) is 0 Å². The maximum absolute atomic E-state index is 11.7. The van der Waals surface area contributed by atoms with Gasteiger partial charge < -0.3 is 9.64 Å². The van der Waals surface area contributed by atoms with E-state index in [-0.39, 0.29) is 11.5 Å². The van der Waals surface area contributed by atoms with Crippen LogP contribution in [0.3, 0.4) is 0 Å². The molecule has 0 saturated carbocycles. The summed E-state index contributed by atoms with van der Waals surface area (Å²) in [5.74, 6) is 0.0216. The SMILES string of the molecule is CN(C)C(=O)c1ccc(COC(C)(C)C)cc1. The van der Waals surface area contributed by atoms with E-state index in [0.717, 1.165) is 5.56 Å². The molecule has 0 aliphatic carbocycles. The molecule has 17 heavy (non-hydrogen) atoms. The minimum absolute atomic E-state index is 0.0216. The van der Waals surface area contributed by atoms with Crippen LogP contribution in [0.25, 0.3) is 0 Å². The molecular weight excluding hydrogens is 214 g/mol. The third-order valence-corrected chi connectivity index (χ3v) is 2.28. The highest BCUT2D eigenvalue weighted by atomic mass is 16.5. The van der Waals surface area contributed by atoms with Crippen LogP contribution in [0.1, 0.15) is 36.7 Å². The highest BCUT2D eigenvalue weighted by molar-refractivity contribution is 5.93. The molecule has 94 valence electrons. The van der Waals surface area contributed by atoms with Crippen molar-refractivity contribution >= 4 is 5.91 Å². The summed E-state index contributed by atoms with van der Waals surface area (Å²) in [5, 5.41) is 0. The van der Waals surface area contributed by atoms with E-state index in [9.17, 15) is 4.79 Å². The van der Waals surface area contributed by atoms with Gasteiger partial charge in [0, 0.05) is 19.7 Å². The second-order valence-electron chi connectivity index (χ2n) is 5.30. The Bertz CT molecular complexity index is 374. The molecule has 0 heterocycles. The first-order valence-electron chi connectivity index (χ1n) is 5.74. The number of hydrogen-bond acceptors (Lipinski definition) is 2. The summed E-state index contributed by atoms with van der Waals surface area (Å²) in [4.78, 5) is 13.2. The molecule has 0 aromatic heterocycles. The fraction of sp³-hybridized carbons (Fsp3) is 0.500. The van der Waals surface area contributed by atoms with Crippen LogP contribution in [0.15, 0.2) is 24.3 Å². The average Bonchev–Trinajstić information content (AvgIpc) is 2.25. The molecule has 3 nitrogen and oxygen atoms in total. The molecule has 0 fully saturated rings. The van der Waals surface area contributed by atoms with Crippen LogP contribution >= 0.6 is 0 Å². The molecule has 1 aromatic carbocycles. The molecule has 0 N–H and O–H groups in total. The fourth-order valence-corrected chi connectivity index (χ4v) is 1.30. The van der Waals surface area contributed by atoms with Crippen LogP contribution in [-0.2, 0) is 11.3 Å². The molecule has 0 bridgehead atoms. The molecule has 1 rings (SSSR count). The number of nitrogens with zero attached hydrogens (tertiary/aromatic N) is 1. The van der Waals surface area contributed by atoms with Crippen LogP contribution in [0, 0.1) is 0 Å². The Morgan fingerprint density at radius 3 is 2.12 bits per heavy atom. The van der Waals surface area contributed by atoms with E-state index in [1.165, 1.54) is 0 Å². The fourth-order valence-electron chi connectivity index (χ4n) is 1.30. The molecule has 0 unspecified atom stereocenters. The summed E-state index contributed by atoms with van der Waals surface area (Å²) >= 11 is 0. The largest absolute Gasteiger partial charge is 0.371 e. The monoisotopic (exact) mass is 235 g/mol. The van der Waals surface area contributed by atoms with Crippen LogP contribution in [-0.4, -0.2) is 30.5 Å². The molecule has 1 amide bonds. The summed E-state index contributed by atoms with van der Waals surface area (Å²) in [5.41, 5.74) is 1.64. The summed E-state index contributed by atoms with van der Waals surface area (Å²) in [6.07, 6.45) is 0. The molecule has 0 saturated heterocycles. The van der Waals surface area contributed by atoms with E-state index in [0.29, 0.717) is 12.2 Å². The Morgan fingerprint density at radius 2 is 1.71 bits per heavy atom. The van der Waals surface area contributed by atoms with Gasteiger partial charge >= 0.3 is 0 Å². The lowest BCUT2D eigenvalue weighted by Gasteiger charge is -2.19. The number of carbonyl (C=O) groups is 1. The highest BCUT2D eigenvalue weighted by Crippen LogP contribution is 2.13. The van der Waals surface area contributed by atoms with Crippen molar-refractivity contribution < 1.29 is 9.53 Å². The Hall–Kier alpha value is -1.35. The lowest BCUT2D eigenvalue weighted by Crippen LogP contribution is -2.21. The first-order chi connectivity index (χ1) is 7.79. The van der Waals surface area contributed by atoms with Crippen LogP contribution in [0.5, 0.6) is 0 Å². The second kappa shape index (κ2) is 5.32. The van der Waals surface area contributed by atoms with E-state index in [1.54, 1.807) is 19.0 Å². The normalized spacial score (nSPS) is 11.4. The molecule has 1 aromatic rings. The number of ether oxygens (including phenoxy) is 1. The van der Waals surface area contributed by atoms with Crippen molar-refractivity contribution in [3.8, 4) is 0 Å². The van der Waals surface area contributed by atoms with Crippen molar-refractivity contribution in [1.29, 1.82) is 0 Å². The van der Waals surface area contributed by atoms with Gasteiger partial charge in [-0.3, -0.25) is 4.79 Å². The lowest BCUT2D eigenvalue weighted by molar-refractivity contribution is -0.0149. The zero-order chi connectivity index (χ0) is 13.1. The molecular formula is C14H21NO2. The van der Waals surface area contributed by atoms with Gasteiger partial charge in [-0.05, 0) is 38.5 Å². The molecule has 0 atom stereocenters. The van der Waals surface area contributed by atoms with Gasteiger partial charge in [-0.1, -0.05) is 12.1 Å². The Labute approximate surface area is 103 Å². The van der Waals surface area contributed by atoms with Crippen molar-refractivity contribution in [2.75, 3.05) is 14.1 Å². The van der Waals surface area contributed by atoms with E-state index >= 15 is 0 Å². The predicted octanol–water partition coefficient (Wildman–Crippen LogP) is 2.70. The quantitative estimate of drug-likeness (QED) is 0.806.